The summed E-state index contributed by atoms with van der Waals surface area (Å²) in [6.45, 7) is 0.0274. The van der Waals surface area contributed by atoms with E-state index in [0.717, 1.165) is 12.1 Å². The molecule has 0 aliphatic carbocycles. The van der Waals surface area contributed by atoms with Crippen molar-refractivity contribution < 1.29 is 17.9 Å². The third-order valence-corrected chi connectivity index (χ3v) is 5.77. The molecule has 3 aromatic carbocycles. The van der Waals surface area contributed by atoms with Crippen LogP contribution in [0.2, 0.25) is 5.02 Å². The van der Waals surface area contributed by atoms with Crippen molar-refractivity contribution in [3.05, 3.63) is 87.6 Å². The smallest absolute Gasteiger partial charge is 0.416 e. The Bertz CT molecular complexity index is 1570. The Kier molecular flexibility index (Phi) is 4.93. The highest BCUT2D eigenvalue weighted by Gasteiger charge is 2.31. The molecule has 33 heavy (non-hydrogen) atoms. The maximum absolute atomic E-state index is 13.5. The summed E-state index contributed by atoms with van der Waals surface area (Å²) in [4.78, 5) is 20.6. The molecule has 5 rings (SSSR count). The standard InChI is InChI=1S/C23H16ClF3N4O2/c1-33-21-7-2-13(8-16(21)24)11-30-20-9-14(23(25,26)27)3-6-19(20)31(22(30)32)15-4-5-17-18(10-15)29-12-28-17/h2-10,12H,11H2,1H3,(H,28,29). The minimum Gasteiger partial charge on any atom is -0.495 e. The van der Waals surface area contributed by atoms with E-state index in [-0.39, 0.29) is 12.1 Å². The predicted octanol–water partition coefficient (Wildman–Crippen LogP) is 5.40. The molecule has 0 aliphatic heterocycles. The summed E-state index contributed by atoms with van der Waals surface area (Å²) in [5.74, 6) is 0.461. The van der Waals surface area contributed by atoms with Gasteiger partial charge in [-0.1, -0.05) is 17.7 Å². The molecule has 2 aromatic heterocycles. The second kappa shape index (κ2) is 7.70. The summed E-state index contributed by atoms with van der Waals surface area (Å²) in [5, 5.41) is 0.340. The fourth-order valence-corrected chi connectivity index (χ4v) is 4.17. The number of rotatable bonds is 4. The van der Waals surface area contributed by atoms with Crippen LogP contribution in [0.25, 0.3) is 27.8 Å². The number of H-pyrrole nitrogens is 1. The van der Waals surface area contributed by atoms with Crippen LogP contribution in [0.1, 0.15) is 11.1 Å². The highest BCUT2D eigenvalue weighted by Crippen LogP contribution is 2.32. The molecule has 0 bridgehead atoms. The average Bonchev–Trinajstić information content (AvgIpc) is 3.35. The molecule has 0 radical (unpaired) electrons. The molecule has 6 nitrogen and oxygen atoms in total. The van der Waals surface area contributed by atoms with Gasteiger partial charge in [-0.15, -0.1) is 0 Å². The van der Waals surface area contributed by atoms with Gasteiger partial charge in [-0.3, -0.25) is 9.13 Å². The zero-order chi connectivity index (χ0) is 23.3. The fourth-order valence-electron chi connectivity index (χ4n) is 3.89. The van der Waals surface area contributed by atoms with Gasteiger partial charge in [0.1, 0.15) is 5.75 Å². The average molecular weight is 473 g/mol. The Morgan fingerprint density at radius 2 is 1.88 bits per heavy atom. The van der Waals surface area contributed by atoms with Crippen LogP contribution in [0.3, 0.4) is 0 Å². The van der Waals surface area contributed by atoms with Crippen LogP contribution in [0.5, 0.6) is 5.75 Å². The maximum Gasteiger partial charge on any atom is 0.416 e. The Labute approximate surface area is 189 Å². The molecule has 5 aromatic rings. The van der Waals surface area contributed by atoms with Gasteiger partial charge in [0.15, 0.2) is 0 Å². The first kappa shape index (κ1) is 21.1. The number of benzene rings is 3. The number of halogens is 4. The quantitative estimate of drug-likeness (QED) is 0.381. The summed E-state index contributed by atoms with van der Waals surface area (Å²) in [7, 11) is 1.48. The number of aromatic nitrogens is 4. The van der Waals surface area contributed by atoms with E-state index in [9.17, 15) is 18.0 Å². The molecule has 0 fully saturated rings. The van der Waals surface area contributed by atoms with E-state index in [0.29, 0.717) is 38.6 Å². The topological polar surface area (TPSA) is 64.8 Å². The monoisotopic (exact) mass is 472 g/mol. The number of nitrogens with one attached hydrogen (secondary N) is 1. The molecular weight excluding hydrogens is 457 g/mol. The number of imidazole rings is 2. The molecule has 0 amide bonds. The molecule has 168 valence electrons. The lowest BCUT2D eigenvalue weighted by molar-refractivity contribution is -0.137. The number of nitrogens with zero attached hydrogens (tertiary/aromatic N) is 3. The Hall–Kier alpha value is -3.72. The molecular formula is C23H16ClF3N4O2. The molecule has 0 spiro atoms. The summed E-state index contributed by atoms with van der Waals surface area (Å²) < 4.78 is 48.2. The van der Waals surface area contributed by atoms with Crippen LogP contribution in [0, 0.1) is 0 Å². The zero-order valence-corrected chi connectivity index (χ0v) is 17.9. The summed E-state index contributed by atoms with van der Waals surface area (Å²) in [6, 6.07) is 13.4. The van der Waals surface area contributed by atoms with Crippen molar-refractivity contribution in [2.45, 2.75) is 12.7 Å². The van der Waals surface area contributed by atoms with Crippen LogP contribution in [0.4, 0.5) is 13.2 Å². The Morgan fingerprint density at radius 1 is 1.06 bits per heavy atom. The minimum absolute atomic E-state index is 0.0274. The van der Waals surface area contributed by atoms with Crippen molar-refractivity contribution in [1.82, 2.24) is 19.1 Å². The van der Waals surface area contributed by atoms with E-state index in [2.05, 4.69) is 9.97 Å². The van der Waals surface area contributed by atoms with Crippen molar-refractivity contribution in [2.24, 2.45) is 0 Å². The molecule has 0 saturated heterocycles. The number of alkyl halides is 3. The molecule has 0 atom stereocenters. The number of fused-ring (bicyclic) bond motifs is 2. The lowest BCUT2D eigenvalue weighted by Gasteiger charge is -2.09. The van der Waals surface area contributed by atoms with E-state index in [4.69, 9.17) is 16.3 Å². The summed E-state index contributed by atoms with van der Waals surface area (Å²) in [6.07, 6.45) is -3.01. The molecule has 0 saturated carbocycles. The van der Waals surface area contributed by atoms with Crippen molar-refractivity contribution >= 4 is 33.7 Å². The van der Waals surface area contributed by atoms with Crippen LogP contribution in [0.15, 0.2) is 65.7 Å². The van der Waals surface area contributed by atoms with Gasteiger partial charge in [0.2, 0.25) is 0 Å². The summed E-state index contributed by atoms with van der Waals surface area (Å²) >= 11 is 6.21. The zero-order valence-electron chi connectivity index (χ0n) is 17.2. The fraction of sp³-hybridized carbons (Fsp3) is 0.130. The normalized spacial score (nSPS) is 12.0. The second-order valence-corrected chi connectivity index (χ2v) is 7.89. The van der Waals surface area contributed by atoms with Gasteiger partial charge >= 0.3 is 11.9 Å². The van der Waals surface area contributed by atoms with Crippen LogP contribution < -0.4 is 10.4 Å². The third-order valence-electron chi connectivity index (χ3n) is 5.48. The van der Waals surface area contributed by atoms with E-state index in [1.165, 1.54) is 28.6 Å². The molecule has 2 heterocycles. The number of methoxy groups -OCH3 is 1. The van der Waals surface area contributed by atoms with Gasteiger partial charge in [-0.2, -0.15) is 13.2 Å². The highest BCUT2D eigenvalue weighted by molar-refractivity contribution is 6.32. The van der Waals surface area contributed by atoms with Crippen molar-refractivity contribution in [2.75, 3.05) is 7.11 Å². The first-order valence-corrected chi connectivity index (χ1v) is 10.2. The van der Waals surface area contributed by atoms with Gasteiger partial charge in [0.25, 0.3) is 0 Å². The van der Waals surface area contributed by atoms with Crippen LogP contribution in [-0.2, 0) is 12.7 Å². The van der Waals surface area contributed by atoms with E-state index in [1.807, 2.05) is 0 Å². The van der Waals surface area contributed by atoms with Gasteiger partial charge in [0, 0.05) is 0 Å². The molecule has 0 unspecified atom stereocenters. The first-order valence-electron chi connectivity index (χ1n) is 9.84. The SMILES string of the molecule is COc1ccc(Cn2c(=O)n(-c3ccc4nc[nH]c4c3)c3ccc(C(F)(F)F)cc32)cc1Cl. The van der Waals surface area contributed by atoms with Gasteiger partial charge < -0.3 is 9.72 Å². The van der Waals surface area contributed by atoms with Gasteiger partial charge in [0.05, 0.1) is 58.3 Å². The van der Waals surface area contributed by atoms with Gasteiger partial charge in [-0.25, -0.2) is 9.78 Å². The van der Waals surface area contributed by atoms with E-state index < -0.39 is 17.4 Å². The van der Waals surface area contributed by atoms with E-state index >= 15 is 0 Å². The number of ether oxygens (including phenoxy) is 1. The van der Waals surface area contributed by atoms with Gasteiger partial charge in [-0.05, 0) is 54.1 Å². The predicted molar refractivity (Wildman–Crippen MR) is 119 cm³/mol. The van der Waals surface area contributed by atoms with E-state index in [1.54, 1.807) is 36.4 Å². The Balaban J connectivity index is 1.73. The van der Waals surface area contributed by atoms with Crippen LogP contribution >= 0.6 is 11.6 Å². The molecule has 1 N–H and O–H groups in total. The highest BCUT2D eigenvalue weighted by atomic mass is 35.5. The van der Waals surface area contributed by atoms with Crippen molar-refractivity contribution in [3.63, 3.8) is 0 Å². The largest absolute Gasteiger partial charge is 0.495 e. The molecule has 0 aliphatic rings. The van der Waals surface area contributed by atoms with Crippen molar-refractivity contribution in [3.8, 4) is 11.4 Å². The first-order chi connectivity index (χ1) is 15.8. The lowest BCUT2D eigenvalue weighted by Crippen LogP contribution is -2.23. The lowest BCUT2D eigenvalue weighted by atomic mass is 10.1. The number of hydrogen-bond donors (Lipinski definition) is 1. The Morgan fingerprint density at radius 3 is 2.61 bits per heavy atom. The number of aromatic amines is 1. The third kappa shape index (κ3) is 3.64. The molecule has 10 heteroatoms. The van der Waals surface area contributed by atoms with Crippen molar-refractivity contribution in [1.29, 1.82) is 0 Å². The second-order valence-electron chi connectivity index (χ2n) is 7.48. The maximum atomic E-state index is 13.5. The van der Waals surface area contributed by atoms with Crippen LogP contribution in [-0.4, -0.2) is 26.2 Å². The number of hydrogen-bond acceptors (Lipinski definition) is 3. The summed E-state index contributed by atoms with van der Waals surface area (Å²) in [5.41, 5.74) is 1.76. The minimum atomic E-state index is -4.55.